The van der Waals surface area contributed by atoms with E-state index >= 15 is 0 Å². The van der Waals surface area contributed by atoms with Gasteiger partial charge in [0.2, 0.25) is 0 Å². The molecule has 0 fully saturated rings. The normalized spacial score (nSPS) is 13.9. The molecule has 1 unspecified atom stereocenters. The quantitative estimate of drug-likeness (QED) is 0.638. The minimum Gasteiger partial charge on any atom is -0.480 e. The number of carboxylic acids is 1. The van der Waals surface area contributed by atoms with Crippen molar-refractivity contribution in [1.29, 1.82) is 0 Å². The van der Waals surface area contributed by atoms with Crippen molar-refractivity contribution in [3.05, 3.63) is 35.9 Å². The first kappa shape index (κ1) is 16.6. The Hall–Kier alpha value is -1.43. The molecule has 1 atom stereocenters. The third-order valence-electron chi connectivity index (χ3n) is 3.10. The molecular weight excluding hydrogens is 258 g/mol. The third-order valence-corrected chi connectivity index (χ3v) is 3.10. The van der Waals surface area contributed by atoms with E-state index in [0.29, 0.717) is 25.4 Å². The maximum Gasteiger partial charge on any atom is 0.330 e. The largest absolute Gasteiger partial charge is 0.480 e. The van der Waals surface area contributed by atoms with E-state index in [1.807, 2.05) is 25.1 Å². The summed E-state index contributed by atoms with van der Waals surface area (Å²) in [6, 6.07) is 9.04. The van der Waals surface area contributed by atoms with Gasteiger partial charge in [-0.05, 0) is 19.0 Å². The number of rotatable bonds is 10. The first-order valence-electron chi connectivity index (χ1n) is 6.80. The Morgan fingerprint density at radius 1 is 1.20 bits per heavy atom. The van der Waals surface area contributed by atoms with E-state index in [1.54, 1.807) is 19.2 Å². The molecule has 2 N–H and O–H groups in total. The van der Waals surface area contributed by atoms with Crippen molar-refractivity contribution in [2.24, 2.45) is 0 Å². The highest BCUT2D eigenvalue weighted by Gasteiger charge is 2.39. The second-order valence-corrected chi connectivity index (χ2v) is 4.49. The van der Waals surface area contributed by atoms with E-state index in [1.165, 1.54) is 0 Å². The van der Waals surface area contributed by atoms with Crippen LogP contribution in [0, 0.1) is 0 Å². The van der Waals surface area contributed by atoms with Gasteiger partial charge in [-0.15, -0.1) is 0 Å². The molecule has 0 saturated carbocycles. The van der Waals surface area contributed by atoms with Gasteiger partial charge in [0.25, 0.3) is 0 Å². The number of carbonyl (C=O) groups is 1. The molecule has 0 aliphatic rings. The summed E-state index contributed by atoms with van der Waals surface area (Å²) in [6.45, 7) is 3.63. The van der Waals surface area contributed by atoms with E-state index in [-0.39, 0.29) is 6.61 Å². The molecule has 1 aromatic rings. The summed E-state index contributed by atoms with van der Waals surface area (Å²) in [5.41, 5.74) is -0.559. The van der Waals surface area contributed by atoms with Gasteiger partial charge in [0.1, 0.15) is 0 Å². The predicted molar refractivity (Wildman–Crippen MR) is 76.7 cm³/mol. The monoisotopic (exact) mass is 281 g/mol. The Morgan fingerprint density at radius 3 is 2.40 bits per heavy atom. The van der Waals surface area contributed by atoms with Crippen LogP contribution in [0.5, 0.6) is 0 Å². The fourth-order valence-electron chi connectivity index (χ4n) is 1.90. The molecule has 0 aliphatic carbocycles. The van der Waals surface area contributed by atoms with E-state index in [9.17, 15) is 9.90 Å². The Kier molecular flexibility index (Phi) is 7.22. The van der Waals surface area contributed by atoms with E-state index in [4.69, 9.17) is 9.47 Å². The van der Waals surface area contributed by atoms with Gasteiger partial charge in [-0.1, -0.05) is 37.3 Å². The summed E-state index contributed by atoms with van der Waals surface area (Å²) in [4.78, 5) is 11.6. The van der Waals surface area contributed by atoms with Crippen molar-refractivity contribution in [3.8, 4) is 0 Å². The zero-order chi connectivity index (χ0) is 14.8. The minimum absolute atomic E-state index is 0.0539. The van der Waals surface area contributed by atoms with Crippen LogP contribution in [0.4, 0.5) is 0 Å². The van der Waals surface area contributed by atoms with Gasteiger partial charge >= 0.3 is 5.97 Å². The molecule has 20 heavy (non-hydrogen) atoms. The summed E-state index contributed by atoms with van der Waals surface area (Å²) < 4.78 is 10.8. The topological polar surface area (TPSA) is 67.8 Å². The van der Waals surface area contributed by atoms with Crippen molar-refractivity contribution >= 4 is 5.97 Å². The number of likely N-dealkylation sites (N-methyl/N-ethyl adjacent to an activating group) is 1. The van der Waals surface area contributed by atoms with Gasteiger partial charge in [-0.25, -0.2) is 4.79 Å². The average molecular weight is 281 g/mol. The Balaban J connectivity index is 2.64. The molecule has 0 bridgehead atoms. The van der Waals surface area contributed by atoms with Crippen LogP contribution in [0.3, 0.4) is 0 Å². The van der Waals surface area contributed by atoms with E-state index < -0.39 is 11.5 Å². The van der Waals surface area contributed by atoms with Crippen molar-refractivity contribution < 1.29 is 19.4 Å². The van der Waals surface area contributed by atoms with Gasteiger partial charge in [0.15, 0.2) is 5.54 Å². The summed E-state index contributed by atoms with van der Waals surface area (Å²) in [7, 11) is 1.62. The van der Waals surface area contributed by atoms with Gasteiger partial charge in [0, 0.05) is 6.61 Å². The van der Waals surface area contributed by atoms with Gasteiger partial charge in [0.05, 0.1) is 19.8 Å². The minimum atomic E-state index is -1.23. The molecule has 0 radical (unpaired) electrons. The lowest BCUT2D eigenvalue weighted by molar-refractivity contribution is -0.148. The highest BCUT2D eigenvalue weighted by Crippen LogP contribution is 2.21. The maximum absolute atomic E-state index is 11.6. The van der Waals surface area contributed by atoms with E-state index in [2.05, 4.69) is 5.32 Å². The van der Waals surface area contributed by atoms with Crippen LogP contribution < -0.4 is 5.32 Å². The second kappa shape index (κ2) is 8.68. The fraction of sp³-hybridized carbons (Fsp3) is 0.533. The molecule has 112 valence electrons. The molecule has 0 aromatic heterocycles. The lowest BCUT2D eigenvalue weighted by Crippen LogP contribution is -2.51. The summed E-state index contributed by atoms with van der Waals surface area (Å²) in [6.07, 6.45) is 0.958. The fourth-order valence-corrected chi connectivity index (χ4v) is 1.90. The highest BCUT2D eigenvalue weighted by atomic mass is 16.5. The van der Waals surface area contributed by atoms with Gasteiger partial charge in [-0.2, -0.15) is 0 Å². The number of hydrogen-bond acceptors (Lipinski definition) is 4. The molecular formula is C15H23NO4. The summed E-state index contributed by atoms with van der Waals surface area (Å²) in [5, 5.41) is 12.4. The van der Waals surface area contributed by atoms with Crippen LogP contribution >= 0.6 is 0 Å². The Morgan fingerprint density at radius 2 is 1.85 bits per heavy atom. The van der Waals surface area contributed by atoms with Crippen molar-refractivity contribution in [3.63, 3.8) is 0 Å². The summed E-state index contributed by atoms with van der Waals surface area (Å²) >= 11 is 0. The van der Waals surface area contributed by atoms with Crippen LogP contribution in [0.1, 0.15) is 18.9 Å². The van der Waals surface area contributed by atoms with Crippen molar-refractivity contribution in [2.45, 2.75) is 18.9 Å². The maximum atomic E-state index is 11.6. The lowest BCUT2D eigenvalue weighted by atomic mass is 9.91. The standard InChI is InChI=1S/C15H23NO4/c1-3-9-19-10-11-20-12-15(16-2,14(17)18)13-7-5-4-6-8-13/h4-8,16H,3,9-12H2,1-2H3,(H,17,18). The number of nitrogens with one attached hydrogen (secondary N) is 1. The molecule has 0 amide bonds. The number of ether oxygens (including phenoxy) is 2. The lowest BCUT2D eigenvalue weighted by Gasteiger charge is -2.29. The predicted octanol–water partition coefficient (Wildman–Crippen LogP) is 1.63. The zero-order valence-electron chi connectivity index (χ0n) is 12.1. The molecule has 1 rings (SSSR count). The molecule has 1 aromatic carbocycles. The van der Waals surface area contributed by atoms with Crippen LogP contribution in [-0.2, 0) is 19.8 Å². The number of carboxylic acid groups (broad SMARTS) is 1. The van der Waals surface area contributed by atoms with Crippen molar-refractivity contribution in [1.82, 2.24) is 5.32 Å². The van der Waals surface area contributed by atoms with Crippen molar-refractivity contribution in [2.75, 3.05) is 33.5 Å². The SMILES string of the molecule is CCCOCCOCC(NC)(C(=O)O)c1ccccc1. The van der Waals surface area contributed by atoms with Gasteiger partial charge in [-0.3, -0.25) is 5.32 Å². The molecule has 0 heterocycles. The summed E-state index contributed by atoms with van der Waals surface area (Å²) in [5.74, 6) is -0.958. The van der Waals surface area contributed by atoms with Gasteiger partial charge < -0.3 is 14.6 Å². The van der Waals surface area contributed by atoms with Crippen LogP contribution in [0.2, 0.25) is 0 Å². The number of benzene rings is 1. The second-order valence-electron chi connectivity index (χ2n) is 4.49. The number of hydrogen-bond donors (Lipinski definition) is 2. The average Bonchev–Trinajstić information content (AvgIpc) is 2.47. The first-order chi connectivity index (χ1) is 9.67. The van der Waals surface area contributed by atoms with Crippen LogP contribution in [0.15, 0.2) is 30.3 Å². The molecule has 0 saturated heterocycles. The Labute approximate surface area is 119 Å². The third kappa shape index (κ3) is 4.30. The first-order valence-corrected chi connectivity index (χ1v) is 6.80. The van der Waals surface area contributed by atoms with E-state index in [0.717, 1.165) is 6.42 Å². The molecule has 5 nitrogen and oxygen atoms in total. The smallest absolute Gasteiger partial charge is 0.330 e. The highest BCUT2D eigenvalue weighted by molar-refractivity contribution is 5.81. The zero-order valence-corrected chi connectivity index (χ0v) is 12.1. The molecule has 5 heteroatoms. The van der Waals surface area contributed by atoms with Crippen LogP contribution in [0.25, 0.3) is 0 Å². The van der Waals surface area contributed by atoms with Crippen LogP contribution in [-0.4, -0.2) is 44.6 Å². The number of aliphatic carboxylic acids is 1. The Bertz CT molecular complexity index is 396. The molecule has 0 aliphatic heterocycles. The molecule has 0 spiro atoms.